The molecule has 0 radical (unpaired) electrons. The zero-order valence-corrected chi connectivity index (χ0v) is 9.16. The van der Waals surface area contributed by atoms with Crippen LogP contribution in [0.5, 0.6) is 0 Å². The van der Waals surface area contributed by atoms with Crippen molar-refractivity contribution >= 4 is 11.8 Å². The molecule has 0 saturated carbocycles. The molecule has 0 aromatic carbocycles. The first kappa shape index (κ1) is 10.8. The SMILES string of the molecule is CCOC(=O)c1ccc2c(n1)CCCC2=O. The molecule has 0 bridgehead atoms. The van der Waals surface area contributed by atoms with Gasteiger partial charge in [0.15, 0.2) is 5.78 Å². The van der Waals surface area contributed by atoms with Crippen LogP contribution in [0.4, 0.5) is 0 Å². The van der Waals surface area contributed by atoms with Gasteiger partial charge in [-0.15, -0.1) is 0 Å². The summed E-state index contributed by atoms with van der Waals surface area (Å²) in [5, 5.41) is 0. The number of fused-ring (bicyclic) bond motifs is 1. The molecule has 2 rings (SSSR count). The van der Waals surface area contributed by atoms with Crippen molar-refractivity contribution in [1.82, 2.24) is 4.98 Å². The topological polar surface area (TPSA) is 56.3 Å². The van der Waals surface area contributed by atoms with Crippen molar-refractivity contribution in [2.45, 2.75) is 26.2 Å². The van der Waals surface area contributed by atoms with Crippen LogP contribution in [0.25, 0.3) is 0 Å². The van der Waals surface area contributed by atoms with E-state index in [4.69, 9.17) is 4.74 Å². The summed E-state index contributed by atoms with van der Waals surface area (Å²) in [5.74, 6) is -0.313. The molecule has 84 valence electrons. The average Bonchev–Trinajstić information content (AvgIpc) is 2.29. The summed E-state index contributed by atoms with van der Waals surface area (Å²) < 4.78 is 4.86. The number of Topliss-reactive ketones (excluding diaryl/α,β-unsaturated/α-hetero) is 1. The van der Waals surface area contributed by atoms with Crippen LogP contribution in [0.3, 0.4) is 0 Å². The van der Waals surface area contributed by atoms with E-state index in [0.29, 0.717) is 18.6 Å². The number of aryl methyl sites for hydroxylation is 1. The summed E-state index contributed by atoms with van der Waals surface area (Å²) in [6, 6.07) is 3.23. The zero-order valence-electron chi connectivity index (χ0n) is 9.16. The molecular formula is C12H13NO3. The highest BCUT2D eigenvalue weighted by Crippen LogP contribution is 2.19. The van der Waals surface area contributed by atoms with Gasteiger partial charge in [0.05, 0.1) is 12.3 Å². The van der Waals surface area contributed by atoms with Gasteiger partial charge in [-0.1, -0.05) is 0 Å². The van der Waals surface area contributed by atoms with Crippen molar-refractivity contribution < 1.29 is 14.3 Å². The molecule has 16 heavy (non-hydrogen) atoms. The van der Waals surface area contributed by atoms with Gasteiger partial charge < -0.3 is 4.74 Å². The van der Waals surface area contributed by atoms with Crippen molar-refractivity contribution in [2.75, 3.05) is 6.61 Å². The van der Waals surface area contributed by atoms with Crippen LogP contribution in [0.15, 0.2) is 12.1 Å². The quantitative estimate of drug-likeness (QED) is 0.711. The van der Waals surface area contributed by atoms with Crippen LogP contribution >= 0.6 is 0 Å². The van der Waals surface area contributed by atoms with Gasteiger partial charge in [-0.05, 0) is 31.9 Å². The molecule has 0 fully saturated rings. The number of ether oxygens (including phenoxy) is 1. The molecule has 4 nitrogen and oxygen atoms in total. The van der Waals surface area contributed by atoms with Crippen molar-refractivity contribution in [2.24, 2.45) is 0 Å². The van der Waals surface area contributed by atoms with Gasteiger partial charge in [0.25, 0.3) is 0 Å². The normalized spacial score (nSPS) is 14.4. The first-order chi connectivity index (χ1) is 7.72. The third kappa shape index (κ3) is 1.96. The van der Waals surface area contributed by atoms with Gasteiger partial charge in [-0.3, -0.25) is 4.79 Å². The van der Waals surface area contributed by atoms with Gasteiger partial charge in [0, 0.05) is 12.0 Å². The Kier molecular flexibility index (Phi) is 2.99. The van der Waals surface area contributed by atoms with Crippen LogP contribution in [-0.2, 0) is 11.2 Å². The summed E-state index contributed by atoms with van der Waals surface area (Å²) in [6.07, 6.45) is 2.15. The third-order valence-electron chi connectivity index (χ3n) is 2.58. The number of rotatable bonds is 2. The van der Waals surface area contributed by atoms with Crippen molar-refractivity contribution in [3.05, 3.63) is 29.1 Å². The number of hydrogen-bond donors (Lipinski definition) is 0. The monoisotopic (exact) mass is 219 g/mol. The zero-order chi connectivity index (χ0) is 11.5. The lowest BCUT2D eigenvalue weighted by Crippen LogP contribution is -2.16. The summed E-state index contributed by atoms with van der Waals surface area (Å²) in [5.41, 5.74) is 1.66. The third-order valence-corrected chi connectivity index (χ3v) is 2.58. The fourth-order valence-corrected chi connectivity index (χ4v) is 1.82. The summed E-state index contributed by atoms with van der Waals surface area (Å²) >= 11 is 0. The predicted octanol–water partition coefficient (Wildman–Crippen LogP) is 1.78. The van der Waals surface area contributed by atoms with Crippen LogP contribution in [0, 0.1) is 0 Å². The second-order valence-electron chi connectivity index (χ2n) is 3.69. The first-order valence-corrected chi connectivity index (χ1v) is 5.42. The highest BCUT2D eigenvalue weighted by Gasteiger charge is 2.20. The number of ketones is 1. The van der Waals surface area contributed by atoms with E-state index in [1.165, 1.54) is 0 Å². The number of hydrogen-bond acceptors (Lipinski definition) is 4. The lowest BCUT2D eigenvalue weighted by molar-refractivity contribution is 0.0518. The van der Waals surface area contributed by atoms with E-state index in [2.05, 4.69) is 4.98 Å². The van der Waals surface area contributed by atoms with E-state index in [0.717, 1.165) is 18.5 Å². The largest absolute Gasteiger partial charge is 0.461 e. The van der Waals surface area contributed by atoms with Gasteiger partial charge in [-0.25, -0.2) is 9.78 Å². The minimum absolute atomic E-state index is 0.115. The minimum atomic E-state index is -0.427. The second kappa shape index (κ2) is 4.43. The standard InChI is InChI=1S/C12H13NO3/c1-2-16-12(15)10-7-6-8-9(13-10)4-3-5-11(8)14/h6-7H,2-5H2,1H3. The van der Waals surface area contributed by atoms with Crippen molar-refractivity contribution in [3.8, 4) is 0 Å². The Morgan fingerprint density at radius 1 is 1.44 bits per heavy atom. The summed E-state index contributed by atoms with van der Waals surface area (Å²) in [7, 11) is 0. The van der Waals surface area contributed by atoms with Crippen molar-refractivity contribution in [1.29, 1.82) is 0 Å². The number of nitrogens with zero attached hydrogens (tertiary/aromatic N) is 1. The molecule has 1 aliphatic carbocycles. The van der Waals surface area contributed by atoms with E-state index in [1.54, 1.807) is 19.1 Å². The molecular weight excluding hydrogens is 206 g/mol. The molecule has 1 heterocycles. The molecule has 0 aliphatic heterocycles. The first-order valence-electron chi connectivity index (χ1n) is 5.42. The van der Waals surface area contributed by atoms with Crippen LogP contribution in [0.1, 0.15) is 46.3 Å². The second-order valence-corrected chi connectivity index (χ2v) is 3.69. The molecule has 0 atom stereocenters. The molecule has 1 aromatic heterocycles. The molecule has 0 amide bonds. The smallest absolute Gasteiger partial charge is 0.356 e. The molecule has 0 spiro atoms. The van der Waals surface area contributed by atoms with E-state index in [1.807, 2.05) is 0 Å². The summed E-state index contributed by atoms with van der Waals surface area (Å²) in [4.78, 5) is 27.2. The number of esters is 1. The van der Waals surface area contributed by atoms with Crippen LogP contribution in [-0.4, -0.2) is 23.3 Å². The molecule has 1 aromatic rings. The van der Waals surface area contributed by atoms with E-state index in [9.17, 15) is 9.59 Å². The van der Waals surface area contributed by atoms with Gasteiger partial charge in [-0.2, -0.15) is 0 Å². The number of aromatic nitrogens is 1. The molecule has 0 unspecified atom stereocenters. The van der Waals surface area contributed by atoms with Gasteiger partial charge in [0.1, 0.15) is 5.69 Å². The Balaban J connectivity index is 2.32. The Morgan fingerprint density at radius 3 is 3.00 bits per heavy atom. The Hall–Kier alpha value is -1.71. The number of pyridine rings is 1. The van der Waals surface area contributed by atoms with Crippen molar-refractivity contribution in [3.63, 3.8) is 0 Å². The maximum absolute atomic E-state index is 11.5. The molecule has 0 saturated heterocycles. The van der Waals surface area contributed by atoms with E-state index in [-0.39, 0.29) is 11.5 Å². The van der Waals surface area contributed by atoms with E-state index < -0.39 is 5.97 Å². The lowest BCUT2D eigenvalue weighted by atomic mass is 9.94. The Morgan fingerprint density at radius 2 is 2.25 bits per heavy atom. The van der Waals surface area contributed by atoms with Crippen LogP contribution in [0.2, 0.25) is 0 Å². The molecule has 1 aliphatic rings. The number of carbonyl (C=O) groups excluding carboxylic acids is 2. The van der Waals surface area contributed by atoms with Gasteiger partial charge in [0.2, 0.25) is 0 Å². The maximum Gasteiger partial charge on any atom is 0.356 e. The lowest BCUT2D eigenvalue weighted by Gasteiger charge is -2.13. The highest BCUT2D eigenvalue weighted by molar-refractivity contribution is 5.98. The molecule has 0 N–H and O–H groups in total. The highest BCUT2D eigenvalue weighted by atomic mass is 16.5. The minimum Gasteiger partial charge on any atom is -0.461 e. The maximum atomic E-state index is 11.5. The summed E-state index contributed by atoms with van der Waals surface area (Å²) in [6.45, 7) is 2.08. The Bertz CT molecular complexity index is 440. The van der Waals surface area contributed by atoms with Gasteiger partial charge >= 0.3 is 5.97 Å². The van der Waals surface area contributed by atoms with E-state index >= 15 is 0 Å². The fourth-order valence-electron chi connectivity index (χ4n) is 1.82. The fraction of sp³-hybridized carbons (Fsp3) is 0.417. The predicted molar refractivity (Wildman–Crippen MR) is 57.5 cm³/mol. The Labute approximate surface area is 93.6 Å². The number of carbonyl (C=O) groups is 2. The van der Waals surface area contributed by atoms with Crippen LogP contribution < -0.4 is 0 Å². The average molecular weight is 219 g/mol. The molecule has 4 heteroatoms.